The molecule has 0 fully saturated rings. The number of hydrogen-bond donors (Lipinski definition) is 2. The lowest BCUT2D eigenvalue weighted by Crippen LogP contribution is -2.38. The zero-order valence-corrected chi connectivity index (χ0v) is 18.9. The predicted molar refractivity (Wildman–Crippen MR) is 125 cm³/mol. The maximum atomic E-state index is 12.8. The fraction of sp³-hybridized carbons (Fsp3) is 0.364. The fourth-order valence-corrected chi connectivity index (χ4v) is 5.63. The molecule has 4 heterocycles. The average molecular weight is 452 g/mol. The molecule has 1 amide bonds. The third-order valence-electron chi connectivity index (χ3n) is 6.01. The van der Waals surface area contributed by atoms with Crippen molar-refractivity contribution in [2.24, 2.45) is 11.7 Å². The zero-order chi connectivity index (χ0) is 22.2. The second-order valence-electron chi connectivity index (χ2n) is 7.98. The summed E-state index contributed by atoms with van der Waals surface area (Å²) in [6, 6.07) is 3.92. The highest BCUT2D eigenvalue weighted by Crippen LogP contribution is 2.41. The summed E-state index contributed by atoms with van der Waals surface area (Å²) >= 11 is 1.65. The molecule has 166 valence electrons. The average Bonchev–Trinajstić information content (AvgIpc) is 3.41. The van der Waals surface area contributed by atoms with Crippen LogP contribution in [0.1, 0.15) is 16.9 Å². The molecule has 0 saturated carbocycles. The van der Waals surface area contributed by atoms with Crippen LogP contribution in [0.4, 0.5) is 11.5 Å². The second-order valence-corrected chi connectivity index (χ2v) is 9.06. The van der Waals surface area contributed by atoms with Gasteiger partial charge in [-0.05, 0) is 37.0 Å². The maximum Gasteiger partial charge on any atom is 0.225 e. The number of thiophene rings is 1. The molecule has 3 N–H and O–H groups in total. The van der Waals surface area contributed by atoms with Crippen LogP contribution in [0.25, 0.3) is 15.7 Å². The van der Waals surface area contributed by atoms with Gasteiger partial charge in [-0.3, -0.25) is 4.79 Å². The Kier molecular flexibility index (Phi) is 5.40. The number of nitrogens with one attached hydrogen (secondary N) is 1. The maximum absolute atomic E-state index is 12.8. The summed E-state index contributed by atoms with van der Waals surface area (Å²) in [5, 5.41) is 8.75. The van der Waals surface area contributed by atoms with Crippen LogP contribution in [-0.2, 0) is 17.6 Å². The van der Waals surface area contributed by atoms with Crippen molar-refractivity contribution < 1.29 is 9.53 Å². The highest BCUT2D eigenvalue weighted by atomic mass is 32.1. The SMILES string of the molecule is COc1cn2nccc2cc1Nc1ncnc2sc3c(c12)CCC(C(=O)N(C)CCN)C3. The molecule has 32 heavy (non-hydrogen) atoms. The number of nitrogens with two attached hydrogens (primary N) is 1. The van der Waals surface area contributed by atoms with Crippen LogP contribution >= 0.6 is 11.3 Å². The summed E-state index contributed by atoms with van der Waals surface area (Å²) in [5.41, 5.74) is 8.63. The first-order valence-electron chi connectivity index (χ1n) is 10.6. The lowest BCUT2D eigenvalue weighted by molar-refractivity contribution is -0.134. The van der Waals surface area contributed by atoms with Crippen molar-refractivity contribution in [1.82, 2.24) is 24.5 Å². The van der Waals surface area contributed by atoms with E-state index in [1.165, 1.54) is 10.4 Å². The van der Waals surface area contributed by atoms with Crippen LogP contribution in [0.5, 0.6) is 5.75 Å². The van der Waals surface area contributed by atoms with E-state index in [9.17, 15) is 4.79 Å². The number of aryl methyl sites for hydroxylation is 1. The van der Waals surface area contributed by atoms with E-state index in [1.807, 2.05) is 25.4 Å². The number of anilines is 2. The number of ether oxygens (including phenoxy) is 1. The Hall–Kier alpha value is -3.24. The van der Waals surface area contributed by atoms with Crippen molar-refractivity contribution in [1.29, 1.82) is 0 Å². The van der Waals surface area contributed by atoms with E-state index < -0.39 is 0 Å². The number of fused-ring (bicyclic) bond motifs is 4. The number of pyridine rings is 1. The van der Waals surface area contributed by atoms with Crippen LogP contribution in [0.2, 0.25) is 0 Å². The van der Waals surface area contributed by atoms with E-state index in [0.717, 1.165) is 46.5 Å². The molecule has 1 atom stereocenters. The monoisotopic (exact) mass is 451 g/mol. The van der Waals surface area contributed by atoms with Crippen molar-refractivity contribution in [3.8, 4) is 5.75 Å². The number of aromatic nitrogens is 4. The molecule has 0 bridgehead atoms. The number of hydrogen-bond acceptors (Lipinski definition) is 8. The van der Waals surface area contributed by atoms with Crippen LogP contribution in [0.3, 0.4) is 0 Å². The molecule has 0 spiro atoms. The Balaban J connectivity index is 1.49. The molecule has 10 heteroatoms. The van der Waals surface area contributed by atoms with Crippen molar-refractivity contribution in [2.45, 2.75) is 19.3 Å². The minimum atomic E-state index is -0.0131. The first kappa shape index (κ1) is 20.7. The molecule has 1 unspecified atom stereocenters. The topological polar surface area (TPSA) is 111 Å². The van der Waals surface area contributed by atoms with Gasteiger partial charge in [-0.25, -0.2) is 14.5 Å². The van der Waals surface area contributed by atoms with E-state index in [0.29, 0.717) is 18.8 Å². The molecule has 0 aliphatic heterocycles. The molecule has 0 saturated heterocycles. The van der Waals surface area contributed by atoms with E-state index >= 15 is 0 Å². The minimum absolute atomic E-state index is 0.0131. The number of amides is 1. The van der Waals surface area contributed by atoms with Crippen molar-refractivity contribution in [3.05, 3.63) is 41.3 Å². The Bertz CT molecular complexity index is 1300. The molecular formula is C22H25N7O2S. The zero-order valence-electron chi connectivity index (χ0n) is 18.0. The normalized spacial score (nSPS) is 15.7. The van der Waals surface area contributed by atoms with Crippen molar-refractivity contribution in [3.63, 3.8) is 0 Å². The molecule has 9 nitrogen and oxygen atoms in total. The number of nitrogens with zero attached hydrogens (tertiary/aromatic N) is 5. The molecule has 1 aliphatic rings. The highest BCUT2D eigenvalue weighted by molar-refractivity contribution is 7.19. The van der Waals surface area contributed by atoms with Gasteiger partial charge < -0.3 is 20.7 Å². The molecule has 4 aromatic heterocycles. The quantitative estimate of drug-likeness (QED) is 0.464. The number of likely N-dealkylation sites (N-methyl/N-ethyl adjacent to an activating group) is 1. The van der Waals surface area contributed by atoms with Crippen LogP contribution in [-0.4, -0.2) is 57.6 Å². The summed E-state index contributed by atoms with van der Waals surface area (Å²) in [4.78, 5) is 25.7. The Morgan fingerprint density at radius 3 is 3.12 bits per heavy atom. The van der Waals surface area contributed by atoms with Gasteiger partial charge in [0.05, 0.1) is 29.9 Å². The van der Waals surface area contributed by atoms with Gasteiger partial charge >= 0.3 is 0 Å². The second kappa shape index (κ2) is 8.36. The van der Waals surface area contributed by atoms with Gasteiger partial charge in [-0.15, -0.1) is 11.3 Å². The van der Waals surface area contributed by atoms with Crippen molar-refractivity contribution >= 4 is 44.5 Å². The Morgan fingerprint density at radius 2 is 2.31 bits per heavy atom. The number of methoxy groups -OCH3 is 1. The number of rotatable bonds is 6. The Morgan fingerprint density at radius 1 is 1.44 bits per heavy atom. The van der Waals surface area contributed by atoms with Crippen molar-refractivity contribution in [2.75, 3.05) is 32.6 Å². The predicted octanol–water partition coefficient (Wildman–Crippen LogP) is 2.61. The van der Waals surface area contributed by atoms with Crippen LogP contribution < -0.4 is 15.8 Å². The minimum Gasteiger partial charge on any atom is -0.493 e. The summed E-state index contributed by atoms with van der Waals surface area (Å²) < 4.78 is 7.34. The molecule has 4 aromatic rings. The molecule has 0 radical (unpaired) electrons. The highest BCUT2D eigenvalue weighted by Gasteiger charge is 2.30. The lowest BCUT2D eigenvalue weighted by atomic mass is 9.87. The van der Waals surface area contributed by atoms with E-state index in [1.54, 1.807) is 40.4 Å². The number of carbonyl (C=O) groups excluding carboxylic acids is 1. The summed E-state index contributed by atoms with van der Waals surface area (Å²) in [6.07, 6.45) is 7.53. The summed E-state index contributed by atoms with van der Waals surface area (Å²) in [7, 11) is 3.46. The molecule has 5 rings (SSSR count). The van der Waals surface area contributed by atoms with Gasteiger partial charge in [0.25, 0.3) is 0 Å². The largest absolute Gasteiger partial charge is 0.493 e. The first-order chi connectivity index (χ1) is 15.6. The van der Waals surface area contributed by atoms with Gasteiger partial charge in [0.15, 0.2) is 5.75 Å². The van der Waals surface area contributed by atoms with E-state index in [4.69, 9.17) is 10.5 Å². The third-order valence-corrected chi connectivity index (χ3v) is 7.17. The van der Waals surface area contributed by atoms with Gasteiger partial charge in [0.1, 0.15) is 17.0 Å². The van der Waals surface area contributed by atoms with Gasteiger partial charge in [0.2, 0.25) is 5.91 Å². The summed E-state index contributed by atoms with van der Waals surface area (Å²) in [5.74, 6) is 1.58. The molecular weight excluding hydrogens is 426 g/mol. The van der Waals surface area contributed by atoms with Gasteiger partial charge in [-0.2, -0.15) is 5.10 Å². The smallest absolute Gasteiger partial charge is 0.225 e. The Labute approximate surface area is 189 Å². The fourth-order valence-electron chi connectivity index (χ4n) is 4.37. The van der Waals surface area contributed by atoms with Crippen LogP contribution in [0.15, 0.2) is 30.9 Å². The standard InChI is InChI=1S/C22H25N7O2S/c1-28(8-6-23)22(30)13-3-4-15-18(9-13)32-21-19(15)20(24-12-25-21)27-16-10-14-5-7-26-29(14)11-17(16)31-2/h5,7,10-13H,3-4,6,8-9,23H2,1-2H3,(H,24,25,27). The number of carbonyl (C=O) groups is 1. The van der Waals surface area contributed by atoms with E-state index in [-0.39, 0.29) is 11.8 Å². The molecule has 1 aliphatic carbocycles. The van der Waals surface area contributed by atoms with Crippen LogP contribution in [0, 0.1) is 5.92 Å². The third kappa shape index (κ3) is 3.55. The first-order valence-corrected chi connectivity index (χ1v) is 11.4. The summed E-state index contributed by atoms with van der Waals surface area (Å²) in [6.45, 7) is 1.06. The molecule has 0 aromatic carbocycles. The lowest BCUT2D eigenvalue weighted by Gasteiger charge is -2.26. The van der Waals surface area contributed by atoms with Gasteiger partial charge in [0, 0.05) is 37.1 Å². The van der Waals surface area contributed by atoms with E-state index in [2.05, 4.69) is 20.4 Å². The van der Waals surface area contributed by atoms with Gasteiger partial charge in [-0.1, -0.05) is 0 Å².